The Bertz CT molecular complexity index is 665. The van der Waals surface area contributed by atoms with Crippen molar-refractivity contribution in [3.05, 3.63) is 33.7 Å². The number of nitrogens with zero attached hydrogens (tertiary/aromatic N) is 3. The third-order valence-corrected chi connectivity index (χ3v) is 3.86. The lowest BCUT2D eigenvalue weighted by Gasteiger charge is -2.07. The highest BCUT2D eigenvalue weighted by atomic mass is 79.9. The summed E-state index contributed by atoms with van der Waals surface area (Å²) in [6.45, 7) is 5.63. The smallest absolute Gasteiger partial charge is 0.247 e. The van der Waals surface area contributed by atoms with E-state index in [4.69, 9.17) is 5.73 Å². The third kappa shape index (κ3) is 2.98. The number of nitrogens with two attached hydrogens (primary N) is 1. The number of hydrogen-bond donors (Lipinski definition) is 2. The number of hydrogen-bond acceptors (Lipinski definition) is 4. The summed E-state index contributed by atoms with van der Waals surface area (Å²) in [4.78, 5) is 16.3. The number of carbonyl (C=O) groups is 1. The second-order valence-electron chi connectivity index (χ2n) is 4.55. The van der Waals surface area contributed by atoms with Crippen molar-refractivity contribution in [3.8, 4) is 0 Å². The zero-order chi connectivity index (χ0) is 14.9. The van der Waals surface area contributed by atoms with Crippen LogP contribution in [0.3, 0.4) is 0 Å². The second-order valence-corrected chi connectivity index (χ2v) is 5.41. The molecule has 2 rings (SSSR count). The van der Waals surface area contributed by atoms with Crippen LogP contribution in [0.5, 0.6) is 0 Å². The Morgan fingerprint density at radius 3 is 2.60 bits per heavy atom. The number of nitrogens with one attached hydrogen (secondary N) is 1. The predicted octanol–water partition coefficient (Wildman–Crippen LogP) is 2.19. The largest absolute Gasteiger partial charge is 0.396 e. The van der Waals surface area contributed by atoms with E-state index < -0.39 is 0 Å². The molecule has 3 N–H and O–H groups in total. The molecular formula is C13H16BrN5O. The molecule has 2 aromatic heterocycles. The van der Waals surface area contributed by atoms with Gasteiger partial charge in [-0.25, -0.2) is 4.98 Å². The minimum atomic E-state index is -0.190. The van der Waals surface area contributed by atoms with E-state index in [1.54, 1.807) is 10.7 Å². The Labute approximate surface area is 125 Å². The first-order chi connectivity index (χ1) is 9.38. The molecule has 0 aromatic carbocycles. The Balaban J connectivity index is 2.09. The molecule has 0 radical (unpaired) electrons. The highest BCUT2D eigenvalue weighted by Crippen LogP contribution is 2.17. The van der Waals surface area contributed by atoms with Gasteiger partial charge in [0.1, 0.15) is 12.4 Å². The van der Waals surface area contributed by atoms with Crippen LogP contribution in [0.2, 0.25) is 0 Å². The van der Waals surface area contributed by atoms with Crippen LogP contribution in [-0.4, -0.2) is 20.7 Å². The summed E-state index contributed by atoms with van der Waals surface area (Å²) < 4.78 is 2.49. The Morgan fingerprint density at radius 1 is 1.35 bits per heavy atom. The minimum absolute atomic E-state index is 0.112. The van der Waals surface area contributed by atoms with Gasteiger partial charge in [-0.3, -0.25) is 9.48 Å². The van der Waals surface area contributed by atoms with Gasteiger partial charge in [-0.05, 0) is 48.8 Å². The first-order valence-corrected chi connectivity index (χ1v) is 6.90. The Morgan fingerprint density at radius 2 is 2.05 bits per heavy atom. The van der Waals surface area contributed by atoms with Gasteiger partial charge in [0, 0.05) is 4.47 Å². The minimum Gasteiger partial charge on any atom is -0.396 e. The molecule has 0 unspecified atom stereocenters. The van der Waals surface area contributed by atoms with E-state index >= 15 is 0 Å². The average molecular weight is 338 g/mol. The highest BCUT2D eigenvalue weighted by molar-refractivity contribution is 9.10. The van der Waals surface area contributed by atoms with E-state index in [9.17, 15) is 4.79 Å². The van der Waals surface area contributed by atoms with Crippen LogP contribution in [0.15, 0.2) is 16.6 Å². The summed E-state index contributed by atoms with van der Waals surface area (Å²) >= 11 is 3.37. The lowest BCUT2D eigenvalue weighted by molar-refractivity contribution is -0.117. The van der Waals surface area contributed by atoms with E-state index in [2.05, 4.69) is 31.3 Å². The number of pyridine rings is 1. The van der Waals surface area contributed by atoms with Crippen LogP contribution < -0.4 is 11.1 Å². The van der Waals surface area contributed by atoms with Gasteiger partial charge in [0.2, 0.25) is 5.91 Å². The lowest BCUT2D eigenvalue weighted by atomic mass is 10.3. The molecule has 2 aromatic rings. The maximum absolute atomic E-state index is 12.0. The topological polar surface area (TPSA) is 85.8 Å². The van der Waals surface area contributed by atoms with E-state index in [1.807, 2.05) is 26.8 Å². The molecule has 106 valence electrons. The van der Waals surface area contributed by atoms with Crippen LogP contribution in [0.25, 0.3) is 0 Å². The van der Waals surface area contributed by atoms with E-state index in [0.29, 0.717) is 11.5 Å². The van der Waals surface area contributed by atoms with Gasteiger partial charge in [0.25, 0.3) is 0 Å². The second kappa shape index (κ2) is 5.62. The molecule has 0 aliphatic rings. The van der Waals surface area contributed by atoms with Crippen molar-refractivity contribution in [3.63, 3.8) is 0 Å². The van der Waals surface area contributed by atoms with Crippen LogP contribution in [-0.2, 0) is 11.3 Å². The molecule has 0 bridgehead atoms. The number of nitrogen functional groups attached to an aromatic ring is 1. The van der Waals surface area contributed by atoms with Gasteiger partial charge in [0.05, 0.1) is 22.8 Å². The maximum atomic E-state index is 12.0. The first kappa shape index (κ1) is 14.5. The summed E-state index contributed by atoms with van der Waals surface area (Å²) in [5.74, 6) is 0.329. The van der Waals surface area contributed by atoms with Gasteiger partial charge >= 0.3 is 0 Å². The van der Waals surface area contributed by atoms with Crippen molar-refractivity contribution in [1.29, 1.82) is 0 Å². The number of aryl methyl sites for hydroxylation is 2. The highest BCUT2D eigenvalue weighted by Gasteiger charge is 2.12. The molecule has 7 heteroatoms. The Hall–Kier alpha value is -1.89. The monoisotopic (exact) mass is 337 g/mol. The van der Waals surface area contributed by atoms with Crippen molar-refractivity contribution in [2.24, 2.45) is 0 Å². The third-order valence-electron chi connectivity index (χ3n) is 3.02. The Kier molecular flexibility index (Phi) is 4.08. The zero-order valence-electron chi connectivity index (χ0n) is 11.6. The molecule has 6 nitrogen and oxygen atoms in total. The fourth-order valence-corrected chi connectivity index (χ4v) is 2.02. The van der Waals surface area contributed by atoms with Crippen molar-refractivity contribution in [1.82, 2.24) is 14.8 Å². The van der Waals surface area contributed by atoms with Crippen molar-refractivity contribution >= 4 is 33.3 Å². The number of rotatable bonds is 3. The molecule has 0 fully saturated rings. The predicted molar refractivity (Wildman–Crippen MR) is 81.4 cm³/mol. The molecular weight excluding hydrogens is 322 g/mol. The van der Waals surface area contributed by atoms with Gasteiger partial charge < -0.3 is 11.1 Å². The van der Waals surface area contributed by atoms with E-state index in [1.165, 1.54) is 0 Å². The summed E-state index contributed by atoms with van der Waals surface area (Å²) in [7, 11) is 0. The van der Waals surface area contributed by atoms with Crippen LogP contribution in [0.4, 0.5) is 11.5 Å². The molecule has 2 heterocycles. The fourth-order valence-electron chi connectivity index (χ4n) is 1.80. The number of halogens is 1. The van der Waals surface area contributed by atoms with Gasteiger partial charge in [-0.1, -0.05) is 0 Å². The van der Waals surface area contributed by atoms with Crippen LogP contribution in [0, 0.1) is 20.8 Å². The van der Waals surface area contributed by atoms with Crippen LogP contribution in [0.1, 0.15) is 17.1 Å². The van der Waals surface area contributed by atoms with Crippen molar-refractivity contribution in [2.75, 3.05) is 11.1 Å². The summed E-state index contributed by atoms with van der Waals surface area (Å²) in [5, 5.41) is 6.97. The van der Waals surface area contributed by atoms with Crippen molar-refractivity contribution < 1.29 is 4.79 Å². The number of anilines is 2. The SMILES string of the molecule is Cc1nc(NC(=O)Cn2nc(C)c(N)c2C)ccc1Br. The molecule has 0 saturated carbocycles. The maximum Gasteiger partial charge on any atom is 0.247 e. The van der Waals surface area contributed by atoms with Gasteiger partial charge in [-0.2, -0.15) is 5.10 Å². The fraction of sp³-hybridized carbons (Fsp3) is 0.308. The summed E-state index contributed by atoms with van der Waals surface area (Å²) in [5.41, 5.74) is 8.79. The zero-order valence-corrected chi connectivity index (χ0v) is 13.2. The molecule has 0 atom stereocenters. The van der Waals surface area contributed by atoms with Gasteiger partial charge in [-0.15, -0.1) is 0 Å². The molecule has 0 aliphatic heterocycles. The van der Waals surface area contributed by atoms with Crippen molar-refractivity contribution in [2.45, 2.75) is 27.3 Å². The average Bonchev–Trinajstić information content (AvgIpc) is 2.61. The molecule has 1 amide bonds. The summed E-state index contributed by atoms with van der Waals surface area (Å²) in [6, 6.07) is 3.59. The standard InChI is InChI=1S/C13H16BrN5O/c1-7-10(14)4-5-11(16-7)17-12(20)6-19-9(3)13(15)8(2)18-19/h4-5H,6,15H2,1-3H3,(H,16,17,20). The van der Waals surface area contributed by atoms with Gasteiger partial charge in [0.15, 0.2) is 0 Å². The number of carbonyl (C=O) groups excluding carboxylic acids is 1. The molecule has 0 spiro atoms. The lowest BCUT2D eigenvalue weighted by Crippen LogP contribution is -2.21. The first-order valence-electron chi connectivity index (χ1n) is 6.11. The molecule has 20 heavy (non-hydrogen) atoms. The molecule has 0 saturated heterocycles. The van der Waals surface area contributed by atoms with E-state index in [-0.39, 0.29) is 12.5 Å². The quantitative estimate of drug-likeness (QED) is 0.898. The summed E-state index contributed by atoms with van der Waals surface area (Å²) in [6.07, 6.45) is 0. The van der Waals surface area contributed by atoms with E-state index in [0.717, 1.165) is 21.6 Å². The number of aromatic nitrogens is 3. The molecule has 0 aliphatic carbocycles. The number of amides is 1. The van der Waals surface area contributed by atoms with Crippen LogP contribution >= 0.6 is 15.9 Å². The normalized spacial score (nSPS) is 10.6.